The van der Waals surface area contributed by atoms with E-state index in [1.807, 2.05) is 25.1 Å². The van der Waals surface area contributed by atoms with Crippen molar-refractivity contribution >= 4 is 28.9 Å². The molecule has 0 bridgehead atoms. The Morgan fingerprint density at radius 1 is 1.16 bits per heavy atom. The number of aromatic nitrogens is 2. The van der Waals surface area contributed by atoms with E-state index in [4.69, 9.17) is 24.4 Å². The van der Waals surface area contributed by atoms with Gasteiger partial charge in [0.2, 0.25) is 5.71 Å². The van der Waals surface area contributed by atoms with Crippen molar-refractivity contribution in [3.8, 4) is 5.75 Å². The molecule has 9 nitrogen and oxygen atoms in total. The number of rotatable bonds is 8. The van der Waals surface area contributed by atoms with Gasteiger partial charge < -0.3 is 24.4 Å². The zero-order valence-electron chi connectivity index (χ0n) is 18.9. The molecule has 0 fully saturated rings. The molecule has 0 unspecified atom stereocenters. The number of fused-ring (bicyclic) bond motifs is 1. The van der Waals surface area contributed by atoms with Crippen LogP contribution in [0.4, 0.5) is 5.82 Å². The molecule has 1 aromatic carbocycles. The van der Waals surface area contributed by atoms with Crippen LogP contribution in [0.1, 0.15) is 59.8 Å². The largest absolute Gasteiger partial charge is 0.482 e. The van der Waals surface area contributed by atoms with Crippen LogP contribution in [-0.2, 0) is 20.9 Å². The number of nitrogens with zero attached hydrogens (tertiary/aromatic N) is 2. The molecule has 170 valence electrons. The van der Waals surface area contributed by atoms with Crippen molar-refractivity contribution in [2.45, 2.75) is 47.1 Å². The number of aryl methyl sites for hydroxylation is 2. The number of carbonyl (C=O) groups is 2. The van der Waals surface area contributed by atoms with Crippen LogP contribution in [-0.4, -0.2) is 35.1 Å². The third-order valence-electron chi connectivity index (χ3n) is 4.78. The highest BCUT2D eigenvalue weighted by Crippen LogP contribution is 2.29. The first kappa shape index (κ1) is 23.1. The number of hydrogen-bond donors (Lipinski definition) is 1. The predicted molar refractivity (Wildman–Crippen MR) is 117 cm³/mol. The summed E-state index contributed by atoms with van der Waals surface area (Å²) < 4.78 is 21.5. The Bertz CT molecular complexity index is 1150. The van der Waals surface area contributed by atoms with E-state index in [-0.39, 0.29) is 54.0 Å². The first-order valence-electron chi connectivity index (χ1n) is 10.3. The number of carbonyl (C=O) groups excluding carboxylic acids is 2. The standard InChI is InChI=1S/C23H27N3O6/c1-6-29-23(28)19-14(5)32-22-20(19)21(24)25-17(26-22)10-31-18(27)11-30-16-9-13(4)7-8-15(16)12(2)3/h7-9,12H,6,10-11H2,1-5H3,(H2,24,25,26). The summed E-state index contributed by atoms with van der Waals surface area (Å²) in [5.41, 5.74) is 8.38. The number of esters is 2. The zero-order chi connectivity index (χ0) is 23.4. The van der Waals surface area contributed by atoms with E-state index in [0.717, 1.165) is 11.1 Å². The van der Waals surface area contributed by atoms with Gasteiger partial charge in [0.1, 0.15) is 22.9 Å². The van der Waals surface area contributed by atoms with Gasteiger partial charge in [-0.15, -0.1) is 0 Å². The lowest BCUT2D eigenvalue weighted by molar-refractivity contribution is -0.147. The Morgan fingerprint density at radius 2 is 1.91 bits per heavy atom. The highest BCUT2D eigenvalue weighted by Gasteiger charge is 2.24. The van der Waals surface area contributed by atoms with Crippen LogP contribution in [0.2, 0.25) is 0 Å². The molecule has 32 heavy (non-hydrogen) atoms. The van der Waals surface area contributed by atoms with Crippen LogP contribution in [0.25, 0.3) is 11.1 Å². The summed E-state index contributed by atoms with van der Waals surface area (Å²) in [7, 11) is 0. The summed E-state index contributed by atoms with van der Waals surface area (Å²) in [6.07, 6.45) is 0. The number of hydrogen-bond acceptors (Lipinski definition) is 9. The van der Waals surface area contributed by atoms with E-state index in [1.54, 1.807) is 13.8 Å². The molecule has 0 aliphatic rings. The maximum Gasteiger partial charge on any atom is 0.344 e. The molecule has 0 atom stereocenters. The first-order chi connectivity index (χ1) is 15.2. The van der Waals surface area contributed by atoms with E-state index >= 15 is 0 Å². The summed E-state index contributed by atoms with van der Waals surface area (Å²) in [6, 6.07) is 5.88. The van der Waals surface area contributed by atoms with Gasteiger partial charge in [0.15, 0.2) is 19.0 Å². The van der Waals surface area contributed by atoms with Crippen LogP contribution in [0, 0.1) is 13.8 Å². The average Bonchev–Trinajstić information content (AvgIpc) is 3.07. The monoisotopic (exact) mass is 441 g/mol. The number of benzene rings is 1. The lowest BCUT2D eigenvalue weighted by Gasteiger charge is -2.14. The molecule has 3 aromatic rings. The third kappa shape index (κ3) is 4.99. The molecule has 0 saturated carbocycles. The van der Waals surface area contributed by atoms with Crippen molar-refractivity contribution in [2.24, 2.45) is 0 Å². The Morgan fingerprint density at radius 3 is 2.59 bits per heavy atom. The first-order valence-corrected chi connectivity index (χ1v) is 10.3. The lowest BCUT2D eigenvalue weighted by Crippen LogP contribution is -2.16. The molecule has 2 heterocycles. The quantitative estimate of drug-likeness (QED) is 0.519. The summed E-state index contributed by atoms with van der Waals surface area (Å²) in [4.78, 5) is 32.8. The molecule has 0 saturated heterocycles. The Labute approximate surface area is 185 Å². The van der Waals surface area contributed by atoms with Crippen molar-refractivity contribution in [1.29, 1.82) is 0 Å². The molecular formula is C23H27N3O6. The Kier molecular flexibility index (Phi) is 6.97. The molecule has 0 spiro atoms. The normalized spacial score (nSPS) is 11.1. The minimum Gasteiger partial charge on any atom is -0.482 e. The van der Waals surface area contributed by atoms with Crippen LogP contribution < -0.4 is 10.5 Å². The van der Waals surface area contributed by atoms with Gasteiger partial charge in [-0.05, 0) is 43.9 Å². The van der Waals surface area contributed by atoms with Gasteiger partial charge in [0.05, 0.1) is 12.0 Å². The highest BCUT2D eigenvalue weighted by molar-refractivity contribution is 6.07. The highest BCUT2D eigenvalue weighted by atomic mass is 16.6. The Hall–Kier alpha value is -3.62. The fourth-order valence-electron chi connectivity index (χ4n) is 3.26. The van der Waals surface area contributed by atoms with E-state index in [9.17, 15) is 9.59 Å². The van der Waals surface area contributed by atoms with Gasteiger partial charge in [-0.1, -0.05) is 26.0 Å². The summed E-state index contributed by atoms with van der Waals surface area (Å²) in [5.74, 6) is 0.265. The second-order valence-electron chi connectivity index (χ2n) is 7.60. The van der Waals surface area contributed by atoms with Crippen LogP contribution in [0.5, 0.6) is 5.75 Å². The number of ether oxygens (including phenoxy) is 3. The molecule has 9 heteroatoms. The topological polar surface area (TPSA) is 127 Å². The van der Waals surface area contributed by atoms with Crippen LogP contribution in [0.15, 0.2) is 22.6 Å². The summed E-state index contributed by atoms with van der Waals surface area (Å²) in [5, 5.41) is 0.278. The molecule has 0 aliphatic carbocycles. The fraction of sp³-hybridized carbons (Fsp3) is 0.391. The fourth-order valence-corrected chi connectivity index (χ4v) is 3.26. The third-order valence-corrected chi connectivity index (χ3v) is 4.78. The maximum absolute atomic E-state index is 12.2. The van der Waals surface area contributed by atoms with E-state index in [0.29, 0.717) is 11.5 Å². The van der Waals surface area contributed by atoms with Crippen molar-refractivity contribution in [3.05, 3.63) is 46.5 Å². The van der Waals surface area contributed by atoms with Crippen LogP contribution in [0.3, 0.4) is 0 Å². The van der Waals surface area contributed by atoms with Gasteiger partial charge in [-0.25, -0.2) is 14.6 Å². The molecule has 3 rings (SSSR count). The number of anilines is 1. The average molecular weight is 441 g/mol. The van der Waals surface area contributed by atoms with Crippen LogP contribution >= 0.6 is 0 Å². The van der Waals surface area contributed by atoms with Crippen molar-refractivity contribution in [1.82, 2.24) is 9.97 Å². The van der Waals surface area contributed by atoms with Gasteiger partial charge in [0, 0.05) is 0 Å². The summed E-state index contributed by atoms with van der Waals surface area (Å²) >= 11 is 0. The second-order valence-corrected chi connectivity index (χ2v) is 7.60. The lowest BCUT2D eigenvalue weighted by atomic mass is 10.0. The second kappa shape index (κ2) is 9.67. The van der Waals surface area contributed by atoms with Crippen molar-refractivity contribution < 1.29 is 28.2 Å². The van der Waals surface area contributed by atoms with Gasteiger partial charge >= 0.3 is 11.9 Å². The smallest absolute Gasteiger partial charge is 0.344 e. The van der Waals surface area contributed by atoms with Crippen molar-refractivity contribution in [3.63, 3.8) is 0 Å². The molecule has 0 aliphatic heterocycles. The molecule has 2 aromatic heterocycles. The number of nitrogen functional groups attached to an aromatic ring is 1. The SMILES string of the molecule is CCOC(=O)c1c(C)oc2nc(COC(=O)COc3cc(C)ccc3C(C)C)nc(N)c12. The van der Waals surface area contributed by atoms with Gasteiger partial charge in [-0.3, -0.25) is 0 Å². The van der Waals surface area contributed by atoms with Gasteiger partial charge in [-0.2, -0.15) is 4.98 Å². The molecule has 0 amide bonds. The van der Waals surface area contributed by atoms with Gasteiger partial charge in [0.25, 0.3) is 0 Å². The molecule has 0 radical (unpaired) electrons. The Balaban J connectivity index is 1.68. The van der Waals surface area contributed by atoms with E-state index < -0.39 is 11.9 Å². The molecule has 2 N–H and O–H groups in total. The maximum atomic E-state index is 12.2. The van der Waals surface area contributed by atoms with E-state index in [1.165, 1.54) is 0 Å². The van der Waals surface area contributed by atoms with E-state index in [2.05, 4.69) is 23.8 Å². The predicted octanol–water partition coefficient (Wildman–Crippen LogP) is 3.84. The minimum absolute atomic E-state index is 0.0403. The number of nitrogens with two attached hydrogens (primary N) is 1. The number of furan rings is 1. The summed E-state index contributed by atoms with van der Waals surface area (Å²) in [6.45, 7) is 9.11. The molecular weight excluding hydrogens is 414 g/mol. The zero-order valence-corrected chi connectivity index (χ0v) is 18.9. The van der Waals surface area contributed by atoms with Crippen molar-refractivity contribution in [2.75, 3.05) is 18.9 Å². The minimum atomic E-state index is -0.577.